The van der Waals surface area contributed by atoms with Gasteiger partial charge < -0.3 is 10.7 Å². The summed E-state index contributed by atoms with van der Waals surface area (Å²) >= 11 is 1.29. The molecule has 4 aromatic rings. The summed E-state index contributed by atoms with van der Waals surface area (Å²) in [6, 6.07) is 8.58. The quantitative estimate of drug-likeness (QED) is 0.488. The Morgan fingerprint density at radius 1 is 1.22 bits per heavy atom. The van der Waals surface area contributed by atoms with Crippen molar-refractivity contribution >= 4 is 28.3 Å². The van der Waals surface area contributed by atoms with E-state index in [1.54, 1.807) is 52.9 Å². The first-order chi connectivity index (χ1) is 13.1. The molecular weight excluding hydrogens is 366 g/mol. The van der Waals surface area contributed by atoms with Gasteiger partial charge in [-0.05, 0) is 30.3 Å². The van der Waals surface area contributed by atoms with E-state index in [4.69, 9.17) is 5.73 Å². The van der Waals surface area contributed by atoms with Gasteiger partial charge in [0.1, 0.15) is 18.3 Å². The fraction of sp³-hybridized carbons (Fsp3) is 0. The molecule has 4 rings (SSSR count). The van der Waals surface area contributed by atoms with Crippen molar-refractivity contribution in [1.29, 1.82) is 0 Å². The molecule has 0 atom stereocenters. The van der Waals surface area contributed by atoms with Gasteiger partial charge in [-0.2, -0.15) is 5.10 Å². The third-order valence-corrected chi connectivity index (χ3v) is 4.54. The maximum absolute atomic E-state index is 12.4. The highest BCUT2D eigenvalue weighted by atomic mass is 32.1. The van der Waals surface area contributed by atoms with Crippen LogP contribution >= 0.6 is 11.3 Å². The molecule has 10 heteroatoms. The lowest BCUT2D eigenvalue weighted by Crippen LogP contribution is -2.11. The third kappa shape index (κ3) is 3.46. The van der Waals surface area contributed by atoms with Crippen molar-refractivity contribution in [2.75, 3.05) is 5.32 Å². The van der Waals surface area contributed by atoms with Crippen LogP contribution < -0.4 is 11.1 Å². The fourth-order valence-corrected chi connectivity index (χ4v) is 3.14. The topological polar surface area (TPSA) is 132 Å². The lowest BCUT2D eigenvalue weighted by atomic mass is 10.2. The molecule has 4 N–H and O–H groups in total. The van der Waals surface area contributed by atoms with Gasteiger partial charge in [0, 0.05) is 22.7 Å². The van der Waals surface area contributed by atoms with Crippen LogP contribution in [0.15, 0.2) is 54.6 Å². The molecule has 0 unspecified atom stereocenters. The Morgan fingerprint density at radius 2 is 2.04 bits per heavy atom. The maximum Gasteiger partial charge on any atom is 0.265 e. The number of carbonyl (C=O) groups excluding carboxylic acids is 2. The minimum atomic E-state index is -0.542. The Balaban J connectivity index is 1.47. The number of nitrogens with two attached hydrogens (primary N) is 1. The number of benzene rings is 1. The maximum atomic E-state index is 12.4. The molecule has 0 bridgehead atoms. The van der Waals surface area contributed by atoms with Crippen molar-refractivity contribution in [1.82, 2.24) is 24.7 Å². The molecule has 0 aliphatic carbocycles. The molecule has 0 aliphatic heterocycles. The zero-order chi connectivity index (χ0) is 18.8. The molecule has 0 aliphatic rings. The molecule has 0 fully saturated rings. The van der Waals surface area contributed by atoms with Crippen molar-refractivity contribution < 1.29 is 9.59 Å². The van der Waals surface area contributed by atoms with Gasteiger partial charge in [-0.3, -0.25) is 14.9 Å². The number of aromatic amines is 1. The molecule has 0 saturated heterocycles. The van der Waals surface area contributed by atoms with Crippen molar-refractivity contribution in [3.8, 4) is 16.9 Å². The molecule has 3 aromatic heterocycles. The fourth-order valence-electron chi connectivity index (χ4n) is 2.42. The van der Waals surface area contributed by atoms with Gasteiger partial charge >= 0.3 is 0 Å². The van der Waals surface area contributed by atoms with Gasteiger partial charge in [0.05, 0.1) is 11.4 Å². The number of primary amides is 1. The van der Waals surface area contributed by atoms with Gasteiger partial charge in [-0.25, -0.2) is 14.6 Å². The molecule has 0 spiro atoms. The summed E-state index contributed by atoms with van der Waals surface area (Å²) in [5.41, 5.74) is 8.19. The zero-order valence-corrected chi connectivity index (χ0v) is 14.6. The summed E-state index contributed by atoms with van der Waals surface area (Å²) in [5.74, 6) is -0.813. The van der Waals surface area contributed by atoms with Crippen LogP contribution in [0.25, 0.3) is 16.9 Å². The van der Waals surface area contributed by atoms with E-state index in [1.165, 1.54) is 17.7 Å². The molecule has 9 nitrogen and oxygen atoms in total. The number of hydrogen-bond donors (Lipinski definition) is 3. The lowest BCUT2D eigenvalue weighted by molar-refractivity contribution is 0.0994. The Bertz CT molecular complexity index is 1100. The average molecular weight is 379 g/mol. The van der Waals surface area contributed by atoms with Crippen LogP contribution in [0.5, 0.6) is 0 Å². The Kier molecular flexibility index (Phi) is 4.22. The summed E-state index contributed by atoms with van der Waals surface area (Å²) in [6.45, 7) is 0. The van der Waals surface area contributed by atoms with Gasteiger partial charge in [-0.1, -0.05) is 0 Å². The van der Waals surface area contributed by atoms with Crippen LogP contribution in [0.1, 0.15) is 20.8 Å². The van der Waals surface area contributed by atoms with Crippen molar-refractivity contribution in [2.24, 2.45) is 5.73 Å². The number of hydrogen-bond acceptors (Lipinski definition) is 6. The van der Waals surface area contributed by atoms with E-state index < -0.39 is 5.91 Å². The molecule has 0 saturated carbocycles. The Labute approximate surface area is 156 Å². The number of nitrogens with zero attached hydrogens (tertiary/aromatic N) is 4. The minimum Gasteiger partial charge on any atom is -0.364 e. The highest BCUT2D eigenvalue weighted by Crippen LogP contribution is 2.25. The molecular formula is C17H13N7O2S. The van der Waals surface area contributed by atoms with Crippen LogP contribution in [-0.4, -0.2) is 36.5 Å². The van der Waals surface area contributed by atoms with Crippen LogP contribution in [0.4, 0.5) is 5.13 Å². The van der Waals surface area contributed by atoms with Crippen LogP contribution in [0, 0.1) is 0 Å². The number of nitrogens with one attached hydrogen (secondary N) is 2. The standard InChI is InChI=1S/C17H13N7O2S/c18-15(25)13-5-11(6-20-13)14-7-27-17(22-14)23-16(26)10-1-3-12(4-2-10)24-9-19-8-21-24/h1-9,20H,(H2,18,25)(H,22,23,26). The number of rotatable bonds is 5. The van der Waals surface area contributed by atoms with E-state index in [-0.39, 0.29) is 5.91 Å². The second-order valence-electron chi connectivity index (χ2n) is 5.55. The Morgan fingerprint density at radius 3 is 2.70 bits per heavy atom. The SMILES string of the molecule is NC(=O)c1cc(-c2csc(NC(=O)c3ccc(-n4cncn4)cc3)n2)c[nH]1. The zero-order valence-electron chi connectivity index (χ0n) is 13.8. The third-order valence-electron chi connectivity index (χ3n) is 3.78. The largest absolute Gasteiger partial charge is 0.364 e. The first-order valence-corrected chi connectivity index (χ1v) is 8.68. The summed E-state index contributed by atoms with van der Waals surface area (Å²) in [7, 11) is 0. The molecule has 2 amide bonds. The van der Waals surface area contributed by atoms with Gasteiger partial charge in [-0.15, -0.1) is 11.3 Å². The molecule has 134 valence electrons. The predicted molar refractivity (Wildman–Crippen MR) is 99.7 cm³/mol. The van der Waals surface area contributed by atoms with Crippen molar-refractivity contribution in [2.45, 2.75) is 0 Å². The predicted octanol–water partition coefficient (Wildman–Crippen LogP) is 2.07. The van der Waals surface area contributed by atoms with Crippen LogP contribution in [-0.2, 0) is 0 Å². The van der Waals surface area contributed by atoms with E-state index in [9.17, 15) is 9.59 Å². The smallest absolute Gasteiger partial charge is 0.265 e. The van der Waals surface area contributed by atoms with Crippen LogP contribution in [0.2, 0.25) is 0 Å². The summed E-state index contributed by atoms with van der Waals surface area (Å²) < 4.78 is 1.60. The monoisotopic (exact) mass is 379 g/mol. The lowest BCUT2D eigenvalue weighted by Gasteiger charge is -2.04. The van der Waals surface area contributed by atoms with Crippen molar-refractivity contribution in [3.63, 3.8) is 0 Å². The number of H-pyrrole nitrogens is 1. The van der Waals surface area contributed by atoms with E-state index in [2.05, 4.69) is 25.4 Å². The normalized spacial score (nSPS) is 10.7. The first kappa shape index (κ1) is 16.7. The molecule has 27 heavy (non-hydrogen) atoms. The second kappa shape index (κ2) is 6.84. The van der Waals surface area contributed by atoms with Crippen molar-refractivity contribution in [3.05, 3.63) is 65.8 Å². The minimum absolute atomic E-state index is 0.270. The van der Waals surface area contributed by atoms with Gasteiger partial charge in [0.15, 0.2) is 5.13 Å². The summed E-state index contributed by atoms with van der Waals surface area (Å²) in [5, 5.41) is 9.05. The van der Waals surface area contributed by atoms with E-state index in [0.717, 1.165) is 11.3 Å². The second-order valence-corrected chi connectivity index (χ2v) is 6.40. The van der Waals surface area contributed by atoms with Gasteiger partial charge in [0.25, 0.3) is 11.8 Å². The number of thiazole rings is 1. The number of carbonyl (C=O) groups is 2. The summed E-state index contributed by atoms with van der Waals surface area (Å²) in [6.07, 6.45) is 4.66. The first-order valence-electron chi connectivity index (χ1n) is 7.81. The Hall–Kier alpha value is -3.79. The average Bonchev–Trinajstić information content (AvgIpc) is 3.42. The summed E-state index contributed by atoms with van der Waals surface area (Å²) in [4.78, 5) is 34.6. The molecule has 3 heterocycles. The van der Waals surface area contributed by atoms with Crippen LogP contribution in [0.3, 0.4) is 0 Å². The number of amides is 2. The highest BCUT2D eigenvalue weighted by molar-refractivity contribution is 7.14. The van der Waals surface area contributed by atoms with E-state index >= 15 is 0 Å². The number of anilines is 1. The molecule has 1 aromatic carbocycles. The van der Waals surface area contributed by atoms with Gasteiger partial charge in [0.2, 0.25) is 0 Å². The molecule has 0 radical (unpaired) electrons. The highest BCUT2D eigenvalue weighted by Gasteiger charge is 2.12. The van der Waals surface area contributed by atoms with E-state index in [1.807, 2.05) is 0 Å². The number of aromatic nitrogens is 5. The van der Waals surface area contributed by atoms with E-state index in [0.29, 0.717) is 22.1 Å².